The van der Waals surface area contributed by atoms with Gasteiger partial charge in [-0.3, -0.25) is 0 Å². The first-order valence-corrected chi connectivity index (χ1v) is 6.66. The van der Waals surface area contributed by atoms with Crippen molar-refractivity contribution in [3.05, 3.63) is 77.6 Å². The molecule has 1 heterocycles. The van der Waals surface area contributed by atoms with Gasteiger partial charge in [-0.2, -0.15) is 0 Å². The van der Waals surface area contributed by atoms with Gasteiger partial charge in [0.2, 0.25) is 0 Å². The first kappa shape index (κ1) is 10.6. The van der Waals surface area contributed by atoms with Gasteiger partial charge in [0.15, 0.2) is 0 Å². The van der Waals surface area contributed by atoms with Crippen molar-refractivity contribution >= 4 is 17.0 Å². The maximum atomic E-state index is 5.96. The van der Waals surface area contributed by atoms with E-state index in [1.165, 1.54) is 16.5 Å². The standard InChI is InChI=1S/C18H14O/c1-2-7-13(8-3-1)14-10-6-12-17-18(14)15-9-4-5-11-16(15)19-17/h1-9,11-12,14H,10H2. The fourth-order valence-corrected chi connectivity index (χ4v) is 2.98. The number of hydrogen-bond acceptors (Lipinski definition) is 1. The molecule has 92 valence electrons. The number of fused-ring (bicyclic) bond motifs is 3. The molecule has 0 amide bonds. The second-order valence-electron chi connectivity index (χ2n) is 4.98. The number of para-hydroxylation sites is 1. The van der Waals surface area contributed by atoms with Crippen LogP contribution in [0.1, 0.15) is 29.2 Å². The third-order valence-electron chi connectivity index (χ3n) is 3.85. The molecule has 2 aromatic carbocycles. The monoisotopic (exact) mass is 246 g/mol. The largest absolute Gasteiger partial charge is 0.456 e. The summed E-state index contributed by atoms with van der Waals surface area (Å²) in [5, 5.41) is 1.25. The van der Waals surface area contributed by atoms with E-state index in [1.807, 2.05) is 12.1 Å². The second kappa shape index (κ2) is 4.13. The summed E-state index contributed by atoms with van der Waals surface area (Å²) >= 11 is 0. The Morgan fingerprint density at radius 3 is 2.58 bits per heavy atom. The van der Waals surface area contributed by atoms with Crippen molar-refractivity contribution in [2.24, 2.45) is 0 Å². The van der Waals surface area contributed by atoms with Crippen LogP contribution in [-0.2, 0) is 0 Å². The molecule has 1 aliphatic carbocycles. The number of furan rings is 1. The highest BCUT2D eigenvalue weighted by Gasteiger charge is 2.24. The van der Waals surface area contributed by atoms with Crippen LogP contribution in [0, 0.1) is 0 Å². The van der Waals surface area contributed by atoms with Crippen molar-refractivity contribution < 1.29 is 4.42 Å². The summed E-state index contributed by atoms with van der Waals surface area (Å²) in [7, 11) is 0. The lowest BCUT2D eigenvalue weighted by Crippen LogP contribution is -2.03. The number of allylic oxidation sites excluding steroid dienone is 1. The molecule has 0 aliphatic heterocycles. The normalized spacial score (nSPS) is 17.6. The fourth-order valence-electron chi connectivity index (χ4n) is 2.98. The van der Waals surface area contributed by atoms with Crippen molar-refractivity contribution in [2.75, 3.05) is 0 Å². The highest BCUT2D eigenvalue weighted by Crippen LogP contribution is 2.41. The minimum Gasteiger partial charge on any atom is -0.456 e. The van der Waals surface area contributed by atoms with Crippen LogP contribution in [0.15, 0.2) is 65.1 Å². The zero-order valence-electron chi connectivity index (χ0n) is 10.5. The molecule has 1 aromatic heterocycles. The molecule has 0 fully saturated rings. The molecule has 1 aliphatic rings. The summed E-state index contributed by atoms with van der Waals surface area (Å²) in [5.74, 6) is 1.42. The zero-order chi connectivity index (χ0) is 12.7. The number of benzene rings is 2. The molecule has 1 unspecified atom stereocenters. The molecular weight excluding hydrogens is 232 g/mol. The van der Waals surface area contributed by atoms with Gasteiger partial charge in [0.1, 0.15) is 11.3 Å². The molecule has 0 bridgehead atoms. The highest BCUT2D eigenvalue weighted by atomic mass is 16.3. The third-order valence-corrected chi connectivity index (χ3v) is 3.85. The van der Waals surface area contributed by atoms with Crippen molar-refractivity contribution in [1.29, 1.82) is 0 Å². The van der Waals surface area contributed by atoms with E-state index in [1.54, 1.807) is 0 Å². The van der Waals surface area contributed by atoms with Crippen molar-refractivity contribution in [2.45, 2.75) is 12.3 Å². The Bertz CT molecular complexity index is 750. The summed E-state index contributed by atoms with van der Waals surface area (Å²) in [6, 6.07) is 19.0. The molecule has 0 radical (unpaired) electrons. The van der Waals surface area contributed by atoms with Crippen molar-refractivity contribution in [3.8, 4) is 0 Å². The lowest BCUT2D eigenvalue weighted by molar-refractivity contribution is 0.589. The first-order valence-electron chi connectivity index (χ1n) is 6.66. The summed E-state index contributed by atoms with van der Waals surface area (Å²) in [6.45, 7) is 0. The molecule has 4 rings (SSSR count). The van der Waals surface area contributed by atoms with Gasteiger partial charge in [0.25, 0.3) is 0 Å². The van der Waals surface area contributed by atoms with Crippen LogP contribution in [-0.4, -0.2) is 0 Å². The summed E-state index contributed by atoms with van der Waals surface area (Å²) in [6.07, 6.45) is 5.36. The number of hydrogen-bond donors (Lipinski definition) is 0. The Kier molecular flexibility index (Phi) is 2.31. The maximum absolute atomic E-state index is 5.96. The summed E-state index contributed by atoms with van der Waals surface area (Å²) < 4.78 is 5.96. The van der Waals surface area contributed by atoms with Crippen LogP contribution in [0.25, 0.3) is 17.0 Å². The fraction of sp³-hybridized carbons (Fsp3) is 0.111. The Morgan fingerprint density at radius 1 is 0.895 bits per heavy atom. The number of rotatable bonds is 1. The zero-order valence-corrected chi connectivity index (χ0v) is 10.5. The van der Waals surface area contributed by atoms with Gasteiger partial charge < -0.3 is 4.42 Å². The van der Waals surface area contributed by atoms with Crippen LogP contribution >= 0.6 is 0 Å². The van der Waals surface area contributed by atoms with Crippen LogP contribution < -0.4 is 0 Å². The Balaban J connectivity index is 1.97. The van der Waals surface area contributed by atoms with Gasteiger partial charge in [-0.15, -0.1) is 0 Å². The van der Waals surface area contributed by atoms with Gasteiger partial charge in [-0.05, 0) is 24.1 Å². The topological polar surface area (TPSA) is 13.1 Å². The summed E-state index contributed by atoms with van der Waals surface area (Å²) in [4.78, 5) is 0. The molecule has 0 N–H and O–H groups in total. The molecule has 3 aromatic rings. The SMILES string of the molecule is C1=Cc2oc3ccccc3c2C(c2ccccc2)C1. The van der Waals surface area contributed by atoms with Crippen LogP contribution in [0.2, 0.25) is 0 Å². The van der Waals surface area contributed by atoms with E-state index in [0.717, 1.165) is 17.8 Å². The average molecular weight is 246 g/mol. The maximum Gasteiger partial charge on any atom is 0.135 e. The van der Waals surface area contributed by atoms with Crippen molar-refractivity contribution in [3.63, 3.8) is 0 Å². The van der Waals surface area contributed by atoms with Gasteiger partial charge in [0.05, 0.1) is 0 Å². The predicted octanol–water partition coefficient (Wildman–Crippen LogP) is 4.98. The minimum atomic E-state index is 0.407. The van der Waals surface area contributed by atoms with Crippen LogP contribution in [0.3, 0.4) is 0 Å². The Hall–Kier alpha value is -2.28. The van der Waals surface area contributed by atoms with E-state index in [-0.39, 0.29) is 0 Å². The third kappa shape index (κ3) is 1.62. The lowest BCUT2D eigenvalue weighted by atomic mass is 9.84. The van der Waals surface area contributed by atoms with E-state index in [0.29, 0.717) is 5.92 Å². The molecule has 1 nitrogen and oxygen atoms in total. The van der Waals surface area contributed by atoms with E-state index in [4.69, 9.17) is 4.42 Å². The quantitative estimate of drug-likeness (QED) is 0.590. The highest BCUT2D eigenvalue weighted by molar-refractivity contribution is 5.86. The molecule has 19 heavy (non-hydrogen) atoms. The van der Waals surface area contributed by atoms with Crippen LogP contribution in [0.4, 0.5) is 0 Å². The van der Waals surface area contributed by atoms with Crippen molar-refractivity contribution in [1.82, 2.24) is 0 Å². The molecule has 0 saturated heterocycles. The van der Waals surface area contributed by atoms with Gasteiger partial charge in [-0.25, -0.2) is 0 Å². The Morgan fingerprint density at radius 2 is 1.68 bits per heavy atom. The van der Waals surface area contributed by atoms with E-state index >= 15 is 0 Å². The van der Waals surface area contributed by atoms with Gasteiger partial charge in [0, 0.05) is 16.9 Å². The van der Waals surface area contributed by atoms with E-state index < -0.39 is 0 Å². The predicted molar refractivity (Wildman–Crippen MR) is 78.2 cm³/mol. The molecular formula is C18H14O. The first-order chi connectivity index (χ1) is 9.43. The average Bonchev–Trinajstić information content (AvgIpc) is 2.86. The van der Waals surface area contributed by atoms with Gasteiger partial charge in [-0.1, -0.05) is 54.6 Å². The van der Waals surface area contributed by atoms with Crippen LogP contribution in [0.5, 0.6) is 0 Å². The van der Waals surface area contributed by atoms with Gasteiger partial charge >= 0.3 is 0 Å². The smallest absolute Gasteiger partial charge is 0.135 e. The molecule has 0 spiro atoms. The lowest BCUT2D eigenvalue weighted by Gasteiger charge is -2.18. The second-order valence-corrected chi connectivity index (χ2v) is 4.98. The molecule has 1 heteroatoms. The van der Waals surface area contributed by atoms with E-state index in [9.17, 15) is 0 Å². The minimum absolute atomic E-state index is 0.407. The van der Waals surface area contributed by atoms with E-state index in [2.05, 4.69) is 54.6 Å². The Labute approximate surface area is 112 Å². The molecule has 1 atom stereocenters. The molecule has 0 saturated carbocycles. The summed E-state index contributed by atoms with van der Waals surface area (Å²) in [5.41, 5.74) is 3.68.